The van der Waals surface area contributed by atoms with Gasteiger partial charge in [0.2, 0.25) is 0 Å². The van der Waals surface area contributed by atoms with Crippen molar-refractivity contribution in [3.8, 4) is 0 Å². The number of rotatable bonds is 7. The van der Waals surface area contributed by atoms with Crippen LogP contribution in [0.4, 0.5) is 13.2 Å². The summed E-state index contributed by atoms with van der Waals surface area (Å²) in [5.74, 6) is -0.594. The molecule has 0 N–H and O–H groups in total. The molecule has 0 aliphatic heterocycles. The average molecular weight is 308 g/mol. The van der Waals surface area contributed by atoms with Crippen molar-refractivity contribution in [1.82, 2.24) is 0 Å². The SMILES string of the molecule is CCC(C)C(C(C)C)[C@](C)(C(C(C)C)C(C)C)C(F)(F)F. The van der Waals surface area contributed by atoms with E-state index in [9.17, 15) is 13.2 Å². The molecule has 0 rings (SSSR count). The molecular formula is C18H35F3. The van der Waals surface area contributed by atoms with Crippen molar-refractivity contribution in [2.24, 2.45) is 40.9 Å². The van der Waals surface area contributed by atoms with Gasteiger partial charge in [0.05, 0.1) is 5.41 Å². The van der Waals surface area contributed by atoms with Gasteiger partial charge in [-0.15, -0.1) is 0 Å². The van der Waals surface area contributed by atoms with Crippen LogP contribution in [0.5, 0.6) is 0 Å². The normalized spacial score (nSPS) is 19.4. The van der Waals surface area contributed by atoms with E-state index in [1.807, 2.05) is 55.4 Å². The van der Waals surface area contributed by atoms with Crippen LogP contribution in [0.15, 0.2) is 0 Å². The molecule has 0 radical (unpaired) electrons. The first-order chi connectivity index (χ1) is 9.32. The first-order valence-electron chi connectivity index (χ1n) is 8.38. The topological polar surface area (TPSA) is 0 Å². The monoisotopic (exact) mass is 308 g/mol. The van der Waals surface area contributed by atoms with Crippen LogP contribution in [0.2, 0.25) is 0 Å². The molecular weight excluding hydrogens is 273 g/mol. The minimum Gasteiger partial charge on any atom is -0.170 e. The lowest BCUT2D eigenvalue weighted by Gasteiger charge is -2.52. The minimum absolute atomic E-state index is 0.0157. The molecule has 0 saturated carbocycles. The third kappa shape index (κ3) is 4.16. The molecule has 3 atom stereocenters. The summed E-state index contributed by atoms with van der Waals surface area (Å²) in [5, 5.41) is 0. The van der Waals surface area contributed by atoms with E-state index in [0.29, 0.717) is 0 Å². The molecule has 0 heterocycles. The highest BCUT2D eigenvalue weighted by Gasteiger charge is 2.62. The van der Waals surface area contributed by atoms with Crippen molar-refractivity contribution >= 4 is 0 Å². The zero-order valence-corrected chi connectivity index (χ0v) is 15.3. The fraction of sp³-hybridized carbons (Fsp3) is 1.00. The second kappa shape index (κ2) is 7.37. The van der Waals surface area contributed by atoms with Gasteiger partial charge in [-0.05, 0) is 35.5 Å². The number of hydrogen-bond acceptors (Lipinski definition) is 0. The first kappa shape index (κ1) is 20.8. The van der Waals surface area contributed by atoms with Gasteiger partial charge in [0.15, 0.2) is 0 Å². The van der Waals surface area contributed by atoms with Crippen molar-refractivity contribution in [3.63, 3.8) is 0 Å². The van der Waals surface area contributed by atoms with E-state index < -0.39 is 11.6 Å². The maximum Gasteiger partial charge on any atom is 0.394 e. The molecule has 0 nitrogen and oxygen atoms in total. The van der Waals surface area contributed by atoms with Crippen molar-refractivity contribution < 1.29 is 13.2 Å². The molecule has 21 heavy (non-hydrogen) atoms. The van der Waals surface area contributed by atoms with E-state index in [1.54, 1.807) is 0 Å². The molecule has 0 aromatic heterocycles. The van der Waals surface area contributed by atoms with Crippen LogP contribution in [-0.2, 0) is 0 Å². The highest BCUT2D eigenvalue weighted by atomic mass is 19.4. The van der Waals surface area contributed by atoms with E-state index in [0.717, 1.165) is 6.42 Å². The lowest BCUT2D eigenvalue weighted by atomic mass is 9.54. The summed E-state index contributed by atoms with van der Waals surface area (Å²) >= 11 is 0. The summed E-state index contributed by atoms with van der Waals surface area (Å²) in [7, 11) is 0. The van der Waals surface area contributed by atoms with Crippen LogP contribution >= 0.6 is 0 Å². The van der Waals surface area contributed by atoms with Crippen molar-refractivity contribution in [1.29, 1.82) is 0 Å². The van der Waals surface area contributed by atoms with Gasteiger partial charge in [0.1, 0.15) is 0 Å². The molecule has 3 heteroatoms. The Labute approximate surface area is 129 Å². The lowest BCUT2D eigenvalue weighted by molar-refractivity contribution is -0.278. The quantitative estimate of drug-likeness (QED) is 0.485. The molecule has 0 aromatic carbocycles. The summed E-state index contributed by atoms with van der Waals surface area (Å²) in [6.45, 7) is 17.1. The second-order valence-corrected chi connectivity index (χ2v) is 7.95. The lowest BCUT2D eigenvalue weighted by Crippen LogP contribution is -2.54. The molecule has 0 bridgehead atoms. The van der Waals surface area contributed by atoms with E-state index in [4.69, 9.17) is 0 Å². The van der Waals surface area contributed by atoms with E-state index >= 15 is 0 Å². The van der Waals surface area contributed by atoms with E-state index in [2.05, 4.69) is 0 Å². The fourth-order valence-electron chi connectivity index (χ4n) is 4.95. The van der Waals surface area contributed by atoms with Crippen LogP contribution in [-0.4, -0.2) is 6.18 Å². The maximum atomic E-state index is 14.2. The predicted octanol–water partition coefficient (Wildman–Crippen LogP) is 6.80. The summed E-state index contributed by atoms with van der Waals surface area (Å²) in [6.07, 6.45) is -3.39. The third-order valence-corrected chi connectivity index (χ3v) is 5.41. The molecule has 0 saturated heterocycles. The Morgan fingerprint density at radius 1 is 0.714 bits per heavy atom. The summed E-state index contributed by atoms with van der Waals surface area (Å²) in [4.78, 5) is 0. The minimum atomic E-state index is -4.18. The summed E-state index contributed by atoms with van der Waals surface area (Å²) < 4.78 is 42.5. The first-order valence-corrected chi connectivity index (χ1v) is 8.38. The zero-order valence-electron chi connectivity index (χ0n) is 15.3. The van der Waals surface area contributed by atoms with Crippen molar-refractivity contribution in [2.45, 2.75) is 74.9 Å². The Balaban J connectivity index is 6.16. The summed E-state index contributed by atoms with van der Waals surface area (Å²) in [5.41, 5.74) is -1.64. The van der Waals surface area contributed by atoms with E-state index in [-0.39, 0.29) is 35.5 Å². The van der Waals surface area contributed by atoms with Gasteiger partial charge in [-0.2, -0.15) is 13.2 Å². The van der Waals surface area contributed by atoms with Crippen LogP contribution in [0, 0.1) is 40.9 Å². The van der Waals surface area contributed by atoms with Gasteiger partial charge < -0.3 is 0 Å². The molecule has 0 fully saturated rings. The molecule has 0 amide bonds. The Hall–Kier alpha value is -0.210. The molecule has 0 aliphatic carbocycles. The Kier molecular flexibility index (Phi) is 7.30. The smallest absolute Gasteiger partial charge is 0.170 e. The number of halogens is 3. The molecule has 2 unspecified atom stereocenters. The van der Waals surface area contributed by atoms with Gasteiger partial charge >= 0.3 is 6.18 Å². The molecule has 0 aliphatic rings. The highest BCUT2D eigenvalue weighted by Crippen LogP contribution is 2.58. The number of alkyl halides is 3. The third-order valence-electron chi connectivity index (χ3n) is 5.41. The molecule has 0 aromatic rings. The summed E-state index contributed by atoms with van der Waals surface area (Å²) in [6, 6.07) is 0. The van der Waals surface area contributed by atoms with Gasteiger partial charge in [0, 0.05) is 0 Å². The average Bonchev–Trinajstić information content (AvgIpc) is 2.25. The van der Waals surface area contributed by atoms with Gasteiger partial charge in [-0.1, -0.05) is 68.7 Å². The van der Waals surface area contributed by atoms with E-state index in [1.165, 1.54) is 6.92 Å². The van der Waals surface area contributed by atoms with Gasteiger partial charge in [0.25, 0.3) is 0 Å². The van der Waals surface area contributed by atoms with Crippen molar-refractivity contribution in [3.05, 3.63) is 0 Å². The highest BCUT2D eigenvalue weighted by molar-refractivity contribution is 4.99. The Morgan fingerprint density at radius 3 is 1.24 bits per heavy atom. The second-order valence-electron chi connectivity index (χ2n) is 7.95. The molecule has 128 valence electrons. The van der Waals surface area contributed by atoms with Crippen LogP contribution in [0.25, 0.3) is 0 Å². The van der Waals surface area contributed by atoms with Crippen LogP contribution in [0.3, 0.4) is 0 Å². The maximum absolute atomic E-state index is 14.2. The largest absolute Gasteiger partial charge is 0.394 e. The predicted molar refractivity (Wildman–Crippen MR) is 85.1 cm³/mol. The Morgan fingerprint density at radius 2 is 1.05 bits per heavy atom. The zero-order chi connectivity index (χ0) is 17.2. The standard InChI is InChI=1S/C18H35F3/c1-10-14(8)16(13(6)7)17(9,18(19,20)21)15(11(2)3)12(4)5/h11-16H,10H2,1-9H3/t14?,16?,17-/m0/s1. The van der Waals surface area contributed by atoms with Crippen LogP contribution in [0.1, 0.15) is 68.7 Å². The Bertz CT molecular complexity index is 296. The van der Waals surface area contributed by atoms with Crippen molar-refractivity contribution in [2.75, 3.05) is 0 Å². The van der Waals surface area contributed by atoms with Gasteiger partial charge in [-0.25, -0.2) is 0 Å². The fourth-order valence-corrected chi connectivity index (χ4v) is 4.95. The van der Waals surface area contributed by atoms with Gasteiger partial charge in [-0.3, -0.25) is 0 Å². The van der Waals surface area contributed by atoms with Crippen LogP contribution < -0.4 is 0 Å². The number of hydrogen-bond donors (Lipinski definition) is 0. The molecule has 0 spiro atoms.